The van der Waals surface area contributed by atoms with E-state index < -0.39 is 17.9 Å². The molecule has 0 aromatic heterocycles. The van der Waals surface area contributed by atoms with Crippen LogP contribution in [0.4, 0.5) is 0 Å². The molecule has 0 spiro atoms. The largest absolute Gasteiger partial charge is 0.490 e. The molecule has 0 N–H and O–H groups in total. The van der Waals surface area contributed by atoms with Gasteiger partial charge in [0.25, 0.3) is 0 Å². The van der Waals surface area contributed by atoms with Crippen molar-refractivity contribution in [3.8, 4) is 29.1 Å². The van der Waals surface area contributed by atoms with Crippen LogP contribution >= 0.6 is 0 Å². The van der Waals surface area contributed by atoms with Crippen LogP contribution in [0.2, 0.25) is 0 Å². The van der Waals surface area contributed by atoms with Crippen molar-refractivity contribution >= 4 is 17.9 Å². The molecular weight excluding hydrogens is 474 g/mol. The molecule has 0 saturated carbocycles. The van der Waals surface area contributed by atoms with Gasteiger partial charge in [0.15, 0.2) is 0 Å². The number of nitrogens with zero attached hydrogens (tertiary/aromatic N) is 1. The number of carbonyl (C=O) groups excluding carboxylic acids is 3. The third kappa shape index (κ3) is 9.00. The minimum absolute atomic E-state index is 0.132. The second-order valence-corrected chi connectivity index (χ2v) is 7.78. The van der Waals surface area contributed by atoms with Crippen molar-refractivity contribution in [2.24, 2.45) is 0 Å². The highest BCUT2D eigenvalue weighted by Gasteiger charge is 2.11. The molecule has 0 unspecified atom stereocenters. The van der Waals surface area contributed by atoms with Gasteiger partial charge in [0.1, 0.15) is 29.6 Å². The molecule has 0 atom stereocenters. The molecule has 37 heavy (non-hydrogen) atoms. The molecule has 0 fully saturated rings. The van der Waals surface area contributed by atoms with Gasteiger partial charge in [-0.15, -0.1) is 0 Å². The summed E-state index contributed by atoms with van der Waals surface area (Å²) in [6.07, 6.45) is 2.82. The molecular formula is C29H25NO7. The lowest BCUT2D eigenvalue weighted by molar-refractivity contribution is -0.136. The number of esters is 3. The second-order valence-electron chi connectivity index (χ2n) is 7.78. The van der Waals surface area contributed by atoms with Gasteiger partial charge in [0, 0.05) is 12.8 Å². The van der Waals surface area contributed by atoms with Crippen molar-refractivity contribution in [2.45, 2.75) is 25.7 Å². The second kappa shape index (κ2) is 13.9. The van der Waals surface area contributed by atoms with Crippen LogP contribution in [-0.2, 0) is 9.59 Å². The molecule has 0 saturated heterocycles. The van der Waals surface area contributed by atoms with Gasteiger partial charge in [0.05, 0.1) is 17.2 Å². The van der Waals surface area contributed by atoms with E-state index in [1.54, 1.807) is 54.6 Å². The molecule has 8 heteroatoms. The molecule has 8 nitrogen and oxygen atoms in total. The summed E-state index contributed by atoms with van der Waals surface area (Å²) < 4.78 is 21.2. The number of carbonyl (C=O) groups is 3. The number of rotatable bonds is 12. The summed E-state index contributed by atoms with van der Waals surface area (Å²) >= 11 is 0. The van der Waals surface area contributed by atoms with Gasteiger partial charge in [-0.05, 0) is 85.6 Å². The van der Waals surface area contributed by atoms with Crippen molar-refractivity contribution in [1.82, 2.24) is 0 Å². The summed E-state index contributed by atoms with van der Waals surface area (Å²) in [4.78, 5) is 36.3. The normalized spacial score (nSPS) is 10.0. The lowest BCUT2D eigenvalue weighted by atomic mass is 10.2. The fourth-order valence-electron chi connectivity index (χ4n) is 3.09. The number of ether oxygens (including phenoxy) is 4. The van der Waals surface area contributed by atoms with E-state index in [0.29, 0.717) is 53.6 Å². The smallest absolute Gasteiger partial charge is 0.343 e. The minimum Gasteiger partial charge on any atom is -0.490 e. The predicted octanol–water partition coefficient (Wildman–Crippen LogP) is 5.41. The lowest BCUT2D eigenvalue weighted by Crippen LogP contribution is -2.10. The van der Waals surface area contributed by atoms with Crippen LogP contribution in [0.15, 0.2) is 85.5 Å². The van der Waals surface area contributed by atoms with E-state index in [2.05, 4.69) is 6.58 Å². The van der Waals surface area contributed by atoms with Crippen molar-refractivity contribution in [1.29, 1.82) is 5.26 Å². The maximum Gasteiger partial charge on any atom is 0.343 e. The first-order valence-electron chi connectivity index (χ1n) is 11.5. The van der Waals surface area contributed by atoms with E-state index in [9.17, 15) is 14.4 Å². The van der Waals surface area contributed by atoms with Crippen LogP contribution in [-0.4, -0.2) is 24.5 Å². The Balaban J connectivity index is 1.36. The summed E-state index contributed by atoms with van der Waals surface area (Å²) in [6, 6.07) is 20.9. The maximum absolute atomic E-state index is 12.3. The van der Waals surface area contributed by atoms with Gasteiger partial charge >= 0.3 is 17.9 Å². The zero-order valence-electron chi connectivity index (χ0n) is 20.1. The zero-order chi connectivity index (χ0) is 26.5. The molecule has 0 aliphatic rings. The summed E-state index contributed by atoms with van der Waals surface area (Å²) in [5.41, 5.74) is 0.841. The molecule has 0 aliphatic carbocycles. The summed E-state index contributed by atoms with van der Waals surface area (Å²) in [7, 11) is 0. The van der Waals surface area contributed by atoms with E-state index in [-0.39, 0.29) is 12.8 Å². The highest BCUT2D eigenvalue weighted by atomic mass is 16.5. The quantitative estimate of drug-likeness (QED) is 0.141. The van der Waals surface area contributed by atoms with Gasteiger partial charge in [-0.2, -0.15) is 5.26 Å². The Morgan fingerprint density at radius 2 is 1.16 bits per heavy atom. The third-order valence-corrected chi connectivity index (χ3v) is 4.95. The SMILES string of the molecule is C=CCOc1ccc(C(=O)Oc2ccc(OC(=O)CCCCC(=O)Oc3ccc(C#N)cc3)cc2)cc1. The van der Waals surface area contributed by atoms with Gasteiger partial charge < -0.3 is 18.9 Å². The predicted molar refractivity (Wildman–Crippen MR) is 134 cm³/mol. The number of hydrogen-bond acceptors (Lipinski definition) is 8. The van der Waals surface area contributed by atoms with Crippen molar-refractivity contribution in [3.63, 3.8) is 0 Å². The molecule has 0 heterocycles. The summed E-state index contributed by atoms with van der Waals surface area (Å²) in [5, 5.41) is 8.78. The number of nitriles is 1. The highest BCUT2D eigenvalue weighted by molar-refractivity contribution is 5.91. The van der Waals surface area contributed by atoms with Gasteiger partial charge in [-0.25, -0.2) is 4.79 Å². The Kier molecular flexibility index (Phi) is 10.00. The van der Waals surface area contributed by atoms with E-state index in [4.69, 9.17) is 24.2 Å². The van der Waals surface area contributed by atoms with E-state index in [1.807, 2.05) is 6.07 Å². The number of hydrogen-bond donors (Lipinski definition) is 0. The molecule has 0 amide bonds. The average molecular weight is 500 g/mol. The van der Waals surface area contributed by atoms with Crippen molar-refractivity contribution in [2.75, 3.05) is 6.61 Å². The first-order chi connectivity index (χ1) is 18.0. The van der Waals surface area contributed by atoms with E-state index in [1.165, 1.54) is 24.3 Å². The van der Waals surface area contributed by atoms with Gasteiger partial charge in [-0.3, -0.25) is 9.59 Å². The van der Waals surface area contributed by atoms with Crippen LogP contribution in [0.5, 0.6) is 23.0 Å². The van der Waals surface area contributed by atoms with E-state index in [0.717, 1.165) is 0 Å². The molecule has 3 aromatic rings. The first kappa shape index (κ1) is 26.7. The Labute approximate surface area is 214 Å². The average Bonchev–Trinajstić information content (AvgIpc) is 2.91. The maximum atomic E-state index is 12.3. The number of unbranched alkanes of at least 4 members (excludes halogenated alkanes) is 1. The van der Waals surface area contributed by atoms with Crippen LogP contribution in [0, 0.1) is 11.3 Å². The standard InChI is InChI=1S/C29H25NO7/c1-2-19-34-23-13-9-22(10-14-23)29(33)37-26-17-15-25(16-18-26)36-28(32)6-4-3-5-27(31)35-24-11-7-21(20-30)8-12-24/h2,7-18H,1,3-6,19H2. The van der Waals surface area contributed by atoms with Crippen LogP contribution in [0.25, 0.3) is 0 Å². The fourth-order valence-corrected chi connectivity index (χ4v) is 3.09. The van der Waals surface area contributed by atoms with Crippen LogP contribution in [0.1, 0.15) is 41.6 Å². The molecule has 3 aromatic carbocycles. The first-order valence-corrected chi connectivity index (χ1v) is 11.5. The topological polar surface area (TPSA) is 112 Å². The monoisotopic (exact) mass is 499 g/mol. The highest BCUT2D eigenvalue weighted by Crippen LogP contribution is 2.20. The van der Waals surface area contributed by atoms with Gasteiger partial charge in [-0.1, -0.05) is 12.7 Å². The minimum atomic E-state index is -0.530. The molecule has 3 rings (SSSR count). The third-order valence-electron chi connectivity index (χ3n) is 4.95. The van der Waals surface area contributed by atoms with Crippen LogP contribution < -0.4 is 18.9 Å². The zero-order valence-corrected chi connectivity index (χ0v) is 20.1. The molecule has 0 aliphatic heterocycles. The molecule has 0 bridgehead atoms. The number of benzene rings is 3. The Morgan fingerprint density at radius 3 is 1.65 bits per heavy atom. The molecule has 0 radical (unpaired) electrons. The summed E-state index contributed by atoms with van der Waals surface area (Å²) in [6.45, 7) is 3.95. The Morgan fingerprint density at radius 1 is 0.703 bits per heavy atom. The van der Waals surface area contributed by atoms with Crippen molar-refractivity contribution < 1.29 is 33.3 Å². The Hall–Kier alpha value is -4.90. The van der Waals surface area contributed by atoms with E-state index >= 15 is 0 Å². The van der Waals surface area contributed by atoms with Gasteiger partial charge in [0.2, 0.25) is 0 Å². The summed E-state index contributed by atoms with van der Waals surface area (Å²) in [5.74, 6) is 0.211. The van der Waals surface area contributed by atoms with Crippen molar-refractivity contribution in [3.05, 3.63) is 96.6 Å². The Bertz CT molecular complexity index is 1260. The van der Waals surface area contributed by atoms with Crippen LogP contribution in [0.3, 0.4) is 0 Å². The lowest BCUT2D eigenvalue weighted by Gasteiger charge is -2.08. The fraction of sp³-hybridized carbons (Fsp3) is 0.172. The molecule has 188 valence electrons.